The Hall–Kier alpha value is -0.890. The molecule has 0 bridgehead atoms. The van der Waals surface area contributed by atoms with Gasteiger partial charge in [-0.1, -0.05) is 33.3 Å². The Bertz CT molecular complexity index is 333. The molecule has 0 saturated heterocycles. The fourth-order valence-corrected chi connectivity index (χ4v) is 1.93. The lowest BCUT2D eigenvalue weighted by molar-refractivity contribution is 0.0738. The van der Waals surface area contributed by atoms with Crippen LogP contribution >= 0.6 is 0 Å². The second kappa shape index (κ2) is 4.54. The monoisotopic (exact) mass is 221 g/mol. The van der Waals surface area contributed by atoms with Crippen molar-refractivity contribution in [3.63, 3.8) is 0 Å². The first-order valence-corrected chi connectivity index (χ1v) is 5.97. The van der Waals surface area contributed by atoms with Crippen LogP contribution in [0.3, 0.4) is 0 Å². The average molecular weight is 221 g/mol. The highest BCUT2D eigenvalue weighted by Crippen LogP contribution is 2.28. The summed E-state index contributed by atoms with van der Waals surface area (Å²) >= 11 is 0. The standard InChI is InChI=1S/C14H23NO/c1-6-9-13(2,3)11-7-8-12(15-10-11)14(4,5)16/h7-8,10,16H,6,9H2,1-5H3. The summed E-state index contributed by atoms with van der Waals surface area (Å²) in [6.07, 6.45) is 4.21. The van der Waals surface area contributed by atoms with E-state index < -0.39 is 5.60 Å². The van der Waals surface area contributed by atoms with E-state index in [1.54, 1.807) is 13.8 Å². The first-order valence-electron chi connectivity index (χ1n) is 5.97. The van der Waals surface area contributed by atoms with Gasteiger partial charge in [-0.05, 0) is 37.3 Å². The van der Waals surface area contributed by atoms with Gasteiger partial charge < -0.3 is 5.11 Å². The van der Waals surface area contributed by atoms with Gasteiger partial charge in [-0.2, -0.15) is 0 Å². The summed E-state index contributed by atoms with van der Waals surface area (Å²) in [7, 11) is 0. The highest BCUT2D eigenvalue weighted by Gasteiger charge is 2.22. The molecule has 2 heteroatoms. The second-order valence-corrected chi connectivity index (χ2v) is 5.63. The molecule has 1 heterocycles. The number of pyridine rings is 1. The molecule has 2 nitrogen and oxygen atoms in total. The molecule has 1 N–H and O–H groups in total. The van der Waals surface area contributed by atoms with Crippen molar-refractivity contribution < 1.29 is 5.11 Å². The maximum atomic E-state index is 9.82. The summed E-state index contributed by atoms with van der Waals surface area (Å²) in [6.45, 7) is 10.2. The van der Waals surface area contributed by atoms with Gasteiger partial charge in [-0.15, -0.1) is 0 Å². The Balaban J connectivity index is 2.95. The predicted molar refractivity (Wildman–Crippen MR) is 67.4 cm³/mol. The van der Waals surface area contributed by atoms with Crippen molar-refractivity contribution >= 4 is 0 Å². The third-order valence-electron chi connectivity index (χ3n) is 3.05. The largest absolute Gasteiger partial charge is 0.384 e. The fourth-order valence-electron chi connectivity index (χ4n) is 1.93. The smallest absolute Gasteiger partial charge is 0.101 e. The van der Waals surface area contributed by atoms with E-state index in [0.717, 1.165) is 12.1 Å². The number of rotatable bonds is 4. The van der Waals surface area contributed by atoms with Gasteiger partial charge in [0.15, 0.2) is 0 Å². The molecule has 0 unspecified atom stereocenters. The molecule has 0 aliphatic rings. The summed E-state index contributed by atoms with van der Waals surface area (Å²) in [6, 6.07) is 4.00. The number of nitrogens with zero attached hydrogens (tertiary/aromatic N) is 1. The maximum Gasteiger partial charge on any atom is 0.101 e. The minimum absolute atomic E-state index is 0.167. The Morgan fingerprint density at radius 1 is 1.19 bits per heavy atom. The molecule has 1 rings (SSSR count). The third-order valence-corrected chi connectivity index (χ3v) is 3.05. The van der Waals surface area contributed by atoms with Crippen molar-refractivity contribution in [3.8, 4) is 0 Å². The molecule has 0 atom stereocenters. The van der Waals surface area contributed by atoms with Gasteiger partial charge >= 0.3 is 0 Å². The first kappa shape index (κ1) is 13.2. The molecular weight excluding hydrogens is 198 g/mol. The van der Waals surface area contributed by atoms with Crippen LogP contribution in [0.15, 0.2) is 18.3 Å². The number of aliphatic hydroxyl groups is 1. The van der Waals surface area contributed by atoms with E-state index in [4.69, 9.17) is 0 Å². The van der Waals surface area contributed by atoms with Gasteiger partial charge in [0.2, 0.25) is 0 Å². The normalized spacial score (nSPS) is 12.9. The van der Waals surface area contributed by atoms with Crippen molar-refractivity contribution in [2.75, 3.05) is 0 Å². The summed E-state index contributed by atoms with van der Waals surface area (Å²) in [5.74, 6) is 0. The molecule has 1 aromatic heterocycles. The van der Waals surface area contributed by atoms with Crippen LogP contribution in [0.1, 0.15) is 58.7 Å². The van der Waals surface area contributed by atoms with Gasteiger partial charge in [0, 0.05) is 6.20 Å². The van der Waals surface area contributed by atoms with Crippen LogP contribution in [0.4, 0.5) is 0 Å². The first-order chi connectivity index (χ1) is 7.27. The van der Waals surface area contributed by atoms with Gasteiger partial charge in [0.05, 0.1) is 5.69 Å². The number of hydrogen-bond acceptors (Lipinski definition) is 2. The van der Waals surface area contributed by atoms with E-state index in [2.05, 4.69) is 31.8 Å². The SMILES string of the molecule is CCCC(C)(C)c1ccc(C(C)(C)O)nc1. The van der Waals surface area contributed by atoms with Crippen LogP contribution in [-0.4, -0.2) is 10.1 Å². The predicted octanol–water partition coefficient (Wildman–Crippen LogP) is 3.39. The van der Waals surface area contributed by atoms with Gasteiger partial charge in [0.1, 0.15) is 5.60 Å². The molecular formula is C14H23NO. The number of aromatic nitrogens is 1. The molecule has 0 aliphatic carbocycles. The third kappa shape index (κ3) is 3.05. The Labute approximate surface area is 98.7 Å². The van der Waals surface area contributed by atoms with E-state index in [0.29, 0.717) is 0 Å². The highest BCUT2D eigenvalue weighted by atomic mass is 16.3. The molecule has 0 fully saturated rings. The Morgan fingerprint density at radius 3 is 2.19 bits per heavy atom. The van der Waals surface area contributed by atoms with Crippen molar-refractivity contribution in [3.05, 3.63) is 29.6 Å². The maximum absolute atomic E-state index is 9.82. The van der Waals surface area contributed by atoms with E-state index in [1.807, 2.05) is 12.3 Å². The molecule has 0 radical (unpaired) electrons. The molecule has 0 spiro atoms. The average Bonchev–Trinajstić information content (AvgIpc) is 2.16. The molecule has 90 valence electrons. The van der Waals surface area contributed by atoms with E-state index in [1.165, 1.54) is 12.0 Å². The lowest BCUT2D eigenvalue weighted by atomic mass is 9.81. The molecule has 0 aromatic carbocycles. The lowest BCUT2D eigenvalue weighted by Gasteiger charge is -2.25. The fraction of sp³-hybridized carbons (Fsp3) is 0.643. The molecule has 0 saturated carbocycles. The Kier molecular flexibility index (Phi) is 3.74. The van der Waals surface area contributed by atoms with E-state index in [9.17, 15) is 5.11 Å². The minimum Gasteiger partial charge on any atom is -0.384 e. The van der Waals surface area contributed by atoms with Crippen molar-refractivity contribution in [1.82, 2.24) is 4.98 Å². The zero-order valence-electron chi connectivity index (χ0n) is 11.0. The summed E-state index contributed by atoms with van der Waals surface area (Å²) in [4.78, 5) is 4.35. The van der Waals surface area contributed by atoms with E-state index >= 15 is 0 Å². The summed E-state index contributed by atoms with van der Waals surface area (Å²) in [5.41, 5.74) is 1.28. The summed E-state index contributed by atoms with van der Waals surface area (Å²) in [5, 5.41) is 9.82. The number of hydrogen-bond donors (Lipinski definition) is 1. The highest BCUT2D eigenvalue weighted by molar-refractivity contribution is 5.24. The van der Waals surface area contributed by atoms with Crippen molar-refractivity contribution in [2.24, 2.45) is 0 Å². The zero-order valence-corrected chi connectivity index (χ0v) is 11.0. The molecule has 16 heavy (non-hydrogen) atoms. The second-order valence-electron chi connectivity index (χ2n) is 5.63. The van der Waals surface area contributed by atoms with Crippen LogP contribution in [-0.2, 0) is 11.0 Å². The Morgan fingerprint density at radius 2 is 1.81 bits per heavy atom. The lowest BCUT2D eigenvalue weighted by Crippen LogP contribution is -2.20. The van der Waals surface area contributed by atoms with Crippen molar-refractivity contribution in [2.45, 2.75) is 58.5 Å². The van der Waals surface area contributed by atoms with Crippen LogP contribution in [0, 0.1) is 0 Å². The van der Waals surface area contributed by atoms with Crippen LogP contribution in [0.2, 0.25) is 0 Å². The topological polar surface area (TPSA) is 33.1 Å². The van der Waals surface area contributed by atoms with Crippen LogP contribution in [0.25, 0.3) is 0 Å². The summed E-state index contributed by atoms with van der Waals surface area (Å²) < 4.78 is 0. The molecule has 0 amide bonds. The molecule has 1 aromatic rings. The van der Waals surface area contributed by atoms with Gasteiger partial charge in [-0.3, -0.25) is 4.98 Å². The van der Waals surface area contributed by atoms with Gasteiger partial charge in [-0.25, -0.2) is 0 Å². The minimum atomic E-state index is -0.854. The van der Waals surface area contributed by atoms with Crippen molar-refractivity contribution in [1.29, 1.82) is 0 Å². The molecule has 0 aliphatic heterocycles. The van der Waals surface area contributed by atoms with Crippen LogP contribution < -0.4 is 0 Å². The zero-order chi connectivity index (χ0) is 12.4. The van der Waals surface area contributed by atoms with Gasteiger partial charge in [0.25, 0.3) is 0 Å². The van der Waals surface area contributed by atoms with Crippen LogP contribution in [0.5, 0.6) is 0 Å². The quantitative estimate of drug-likeness (QED) is 0.845. The van der Waals surface area contributed by atoms with E-state index in [-0.39, 0.29) is 5.41 Å².